The lowest BCUT2D eigenvalue weighted by Crippen LogP contribution is -2.55. The molecule has 1 N–H and O–H groups in total. The summed E-state index contributed by atoms with van der Waals surface area (Å²) in [4.78, 5) is 29.0. The van der Waals surface area contributed by atoms with Crippen molar-refractivity contribution in [3.63, 3.8) is 0 Å². The largest absolute Gasteiger partial charge is 0.465 e. The van der Waals surface area contributed by atoms with Gasteiger partial charge in [0.2, 0.25) is 0 Å². The number of nitrogens with zero attached hydrogens (tertiary/aromatic N) is 4. The fraction of sp³-hybridized carbons (Fsp3) is 0.500. The van der Waals surface area contributed by atoms with Crippen LogP contribution in [0.1, 0.15) is 12.8 Å². The molecule has 3 heterocycles. The molecule has 1 amide bonds. The first-order chi connectivity index (χ1) is 9.56. The second kappa shape index (κ2) is 4.62. The number of carbonyl (C=O) groups is 1. The summed E-state index contributed by atoms with van der Waals surface area (Å²) in [6, 6.07) is 3.02. The summed E-state index contributed by atoms with van der Waals surface area (Å²) < 4.78 is 0. The first kappa shape index (κ1) is 12.6. The number of aromatic nitrogens is 1. The van der Waals surface area contributed by atoms with E-state index in [1.807, 2.05) is 4.90 Å². The SMILES string of the molecule is O=C(O)N1C2CCC1CN(c1ccc([N+](=O)[O-])cn1)C2. The molecular formula is C12H14N4O4. The first-order valence-corrected chi connectivity index (χ1v) is 6.43. The quantitative estimate of drug-likeness (QED) is 0.647. The highest BCUT2D eigenvalue weighted by Crippen LogP contribution is 2.32. The summed E-state index contributed by atoms with van der Waals surface area (Å²) in [6.07, 6.45) is 2.09. The molecule has 2 aliphatic rings. The number of carboxylic acid groups (broad SMARTS) is 1. The van der Waals surface area contributed by atoms with E-state index in [1.54, 1.807) is 6.07 Å². The van der Waals surface area contributed by atoms with Gasteiger partial charge in [-0.15, -0.1) is 0 Å². The molecule has 8 heteroatoms. The minimum absolute atomic E-state index is 0.0109. The zero-order valence-electron chi connectivity index (χ0n) is 10.7. The molecule has 3 rings (SSSR count). The lowest BCUT2D eigenvalue weighted by atomic mass is 10.2. The van der Waals surface area contributed by atoms with E-state index < -0.39 is 11.0 Å². The van der Waals surface area contributed by atoms with Crippen molar-refractivity contribution < 1.29 is 14.8 Å². The lowest BCUT2D eigenvalue weighted by molar-refractivity contribution is -0.385. The fourth-order valence-corrected chi connectivity index (χ4v) is 3.08. The molecule has 0 aromatic carbocycles. The number of amides is 1. The van der Waals surface area contributed by atoms with Crippen molar-refractivity contribution in [1.29, 1.82) is 0 Å². The van der Waals surface area contributed by atoms with Gasteiger partial charge < -0.3 is 10.0 Å². The van der Waals surface area contributed by atoms with E-state index in [0.29, 0.717) is 18.9 Å². The normalized spacial score (nSPS) is 24.8. The summed E-state index contributed by atoms with van der Waals surface area (Å²) >= 11 is 0. The maximum Gasteiger partial charge on any atom is 0.407 e. The summed E-state index contributed by atoms with van der Waals surface area (Å²) in [5.74, 6) is 0.664. The second-order valence-electron chi connectivity index (χ2n) is 5.11. The van der Waals surface area contributed by atoms with Crippen molar-refractivity contribution in [3.05, 3.63) is 28.4 Å². The number of piperazine rings is 1. The highest BCUT2D eigenvalue weighted by Gasteiger charge is 2.42. The lowest BCUT2D eigenvalue weighted by Gasteiger charge is -2.39. The summed E-state index contributed by atoms with van der Waals surface area (Å²) in [6.45, 7) is 1.18. The fourth-order valence-electron chi connectivity index (χ4n) is 3.08. The van der Waals surface area contributed by atoms with E-state index in [-0.39, 0.29) is 17.8 Å². The minimum Gasteiger partial charge on any atom is -0.465 e. The number of hydrogen-bond donors (Lipinski definition) is 1. The minimum atomic E-state index is -0.867. The summed E-state index contributed by atoms with van der Waals surface area (Å²) in [5.41, 5.74) is -0.0408. The average Bonchev–Trinajstić information content (AvgIpc) is 2.70. The molecule has 2 bridgehead atoms. The molecule has 0 radical (unpaired) electrons. The van der Waals surface area contributed by atoms with E-state index in [4.69, 9.17) is 0 Å². The van der Waals surface area contributed by atoms with E-state index in [9.17, 15) is 20.0 Å². The van der Waals surface area contributed by atoms with Crippen LogP contribution in [0.5, 0.6) is 0 Å². The van der Waals surface area contributed by atoms with Gasteiger partial charge in [-0.2, -0.15) is 0 Å². The Kier molecular flexibility index (Phi) is 2.92. The van der Waals surface area contributed by atoms with Crippen molar-refractivity contribution in [2.24, 2.45) is 0 Å². The van der Waals surface area contributed by atoms with Crippen LogP contribution in [0, 0.1) is 10.1 Å². The Balaban J connectivity index is 1.77. The number of pyridine rings is 1. The number of rotatable bonds is 2. The van der Waals surface area contributed by atoms with Crippen LogP contribution < -0.4 is 4.90 Å². The van der Waals surface area contributed by atoms with Crippen LogP contribution in [0.3, 0.4) is 0 Å². The predicted octanol–water partition coefficient (Wildman–Crippen LogP) is 1.32. The molecular weight excluding hydrogens is 264 g/mol. The van der Waals surface area contributed by atoms with E-state index in [0.717, 1.165) is 12.8 Å². The van der Waals surface area contributed by atoms with Crippen molar-refractivity contribution in [3.8, 4) is 0 Å². The Hall–Kier alpha value is -2.38. The monoisotopic (exact) mass is 278 g/mol. The Morgan fingerprint density at radius 1 is 1.35 bits per heavy atom. The van der Waals surface area contributed by atoms with E-state index in [2.05, 4.69) is 4.98 Å². The van der Waals surface area contributed by atoms with Gasteiger partial charge >= 0.3 is 6.09 Å². The molecule has 2 saturated heterocycles. The maximum atomic E-state index is 11.2. The third kappa shape index (κ3) is 2.02. The Morgan fingerprint density at radius 2 is 2.00 bits per heavy atom. The van der Waals surface area contributed by atoms with Gasteiger partial charge in [-0.25, -0.2) is 9.78 Å². The van der Waals surface area contributed by atoms with Crippen LogP contribution >= 0.6 is 0 Å². The number of nitro groups is 1. The molecule has 0 saturated carbocycles. The second-order valence-corrected chi connectivity index (χ2v) is 5.11. The highest BCUT2D eigenvalue weighted by atomic mass is 16.6. The van der Waals surface area contributed by atoms with Gasteiger partial charge in [-0.05, 0) is 18.9 Å². The number of fused-ring (bicyclic) bond motifs is 2. The van der Waals surface area contributed by atoms with Gasteiger partial charge in [-0.3, -0.25) is 15.0 Å². The van der Waals surface area contributed by atoms with E-state index in [1.165, 1.54) is 17.2 Å². The van der Waals surface area contributed by atoms with Crippen LogP contribution in [-0.2, 0) is 0 Å². The standard InChI is InChI=1S/C12H14N4O4/c17-12(18)15-9-1-2-10(15)7-14(6-9)11-4-3-8(5-13-11)16(19)20/h3-5,9-10H,1-2,6-7H2,(H,17,18). The summed E-state index contributed by atoms with van der Waals surface area (Å²) in [7, 11) is 0. The van der Waals surface area contributed by atoms with Crippen LogP contribution in [0.4, 0.5) is 16.3 Å². The Morgan fingerprint density at radius 3 is 2.45 bits per heavy atom. The smallest absolute Gasteiger partial charge is 0.407 e. The molecule has 1 aromatic heterocycles. The number of anilines is 1. The zero-order chi connectivity index (χ0) is 14.3. The molecule has 2 unspecified atom stereocenters. The zero-order valence-corrected chi connectivity index (χ0v) is 10.7. The molecule has 8 nitrogen and oxygen atoms in total. The van der Waals surface area contributed by atoms with Gasteiger partial charge in [0, 0.05) is 19.2 Å². The molecule has 106 valence electrons. The van der Waals surface area contributed by atoms with Gasteiger partial charge in [0.1, 0.15) is 12.0 Å². The predicted molar refractivity (Wildman–Crippen MR) is 69.8 cm³/mol. The number of hydrogen-bond acceptors (Lipinski definition) is 5. The van der Waals surface area contributed by atoms with Gasteiger partial charge in [0.05, 0.1) is 17.0 Å². The van der Waals surface area contributed by atoms with Crippen molar-refractivity contribution in [1.82, 2.24) is 9.88 Å². The van der Waals surface area contributed by atoms with Crippen LogP contribution in [0.2, 0.25) is 0 Å². The van der Waals surface area contributed by atoms with Crippen LogP contribution in [0.25, 0.3) is 0 Å². The molecule has 2 fully saturated rings. The molecule has 1 aromatic rings. The van der Waals surface area contributed by atoms with Gasteiger partial charge in [0.25, 0.3) is 5.69 Å². The molecule has 2 atom stereocenters. The Bertz CT molecular complexity index is 533. The highest BCUT2D eigenvalue weighted by molar-refractivity contribution is 5.67. The van der Waals surface area contributed by atoms with Crippen LogP contribution in [0.15, 0.2) is 18.3 Å². The molecule has 20 heavy (non-hydrogen) atoms. The van der Waals surface area contributed by atoms with Gasteiger partial charge in [-0.1, -0.05) is 0 Å². The molecule has 0 spiro atoms. The molecule has 2 aliphatic heterocycles. The topological polar surface area (TPSA) is 99.8 Å². The van der Waals surface area contributed by atoms with Crippen LogP contribution in [-0.4, -0.2) is 51.2 Å². The maximum absolute atomic E-state index is 11.2. The first-order valence-electron chi connectivity index (χ1n) is 6.43. The average molecular weight is 278 g/mol. The third-order valence-corrected chi connectivity index (χ3v) is 3.97. The summed E-state index contributed by atoms with van der Waals surface area (Å²) in [5, 5.41) is 19.8. The molecule has 0 aliphatic carbocycles. The van der Waals surface area contributed by atoms with Gasteiger partial charge in [0.15, 0.2) is 0 Å². The van der Waals surface area contributed by atoms with Crippen molar-refractivity contribution in [2.75, 3.05) is 18.0 Å². The third-order valence-electron chi connectivity index (χ3n) is 3.97. The van der Waals surface area contributed by atoms with Crippen molar-refractivity contribution >= 4 is 17.6 Å². The van der Waals surface area contributed by atoms with Crippen molar-refractivity contribution in [2.45, 2.75) is 24.9 Å². The van der Waals surface area contributed by atoms with E-state index >= 15 is 0 Å². The Labute approximate surface area is 114 Å².